The molecular formula is C17H24N4O3. The van der Waals surface area contributed by atoms with Gasteiger partial charge in [0.25, 0.3) is 5.91 Å². The normalized spacial score (nSPS) is 11.5. The van der Waals surface area contributed by atoms with E-state index in [1.807, 2.05) is 13.8 Å². The number of hydrogen-bond acceptors (Lipinski definition) is 4. The standard InChI is InChI=1S/C17H24N4O3/c1-4-9-19-16(23)12-5-7-13(8-6-12)21-14(22)10-20-17(24)15(18)11(2)3/h4-8,11,15H,1,9-10,18H2,2-3H3,(H,19,23)(H,20,24)(H,21,22)/t15-/m0/s1. The van der Waals surface area contributed by atoms with Gasteiger partial charge in [-0.05, 0) is 30.2 Å². The van der Waals surface area contributed by atoms with Crippen LogP contribution in [0.15, 0.2) is 36.9 Å². The molecule has 0 saturated heterocycles. The lowest BCUT2D eigenvalue weighted by molar-refractivity contribution is -0.125. The van der Waals surface area contributed by atoms with Crippen molar-refractivity contribution in [1.29, 1.82) is 0 Å². The van der Waals surface area contributed by atoms with Crippen molar-refractivity contribution in [2.45, 2.75) is 19.9 Å². The summed E-state index contributed by atoms with van der Waals surface area (Å²) >= 11 is 0. The van der Waals surface area contributed by atoms with Crippen molar-refractivity contribution in [2.75, 3.05) is 18.4 Å². The molecule has 0 fully saturated rings. The summed E-state index contributed by atoms with van der Waals surface area (Å²) in [4.78, 5) is 35.2. The van der Waals surface area contributed by atoms with Gasteiger partial charge >= 0.3 is 0 Å². The first kappa shape index (κ1) is 19.4. The predicted molar refractivity (Wildman–Crippen MR) is 93.4 cm³/mol. The van der Waals surface area contributed by atoms with Crippen LogP contribution in [0.2, 0.25) is 0 Å². The van der Waals surface area contributed by atoms with Crippen LogP contribution >= 0.6 is 0 Å². The molecule has 0 saturated carbocycles. The highest BCUT2D eigenvalue weighted by Crippen LogP contribution is 2.09. The molecule has 0 aliphatic rings. The Labute approximate surface area is 141 Å². The second-order valence-corrected chi connectivity index (χ2v) is 5.61. The molecule has 7 heteroatoms. The fourth-order valence-corrected chi connectivity index (χ4v) is 1.77. The number of amides is 3. The van der Waals surface area contributed by atoms with Gasteiger partial charge in [0.05, 0.1) is 12.6 Å². The summed E-state index contributed by atoms with van der Waals surface area (Å²) < 4.78 is 0. The number of carbonyl (C=O) groups is 3. The molecule has 0 aliphatic heterocycles. The summed E-state index contributed by atoms with van der Waals surface area (Å²) in [5, 5.41) is 7.78. The Morgan fingerprint density at radius 2 is 1.79 bits per heavy atom. The summed E-state index contributed by atoms with van der Waals surface area (Å²) in [7, 11) is 0. The lowest BCUT2D eigenvalue weighted by atomic mass is 10.1. The Morgan fingerprint density at radius 3 is 2.33 bits per heavy atom. The zero-order chi connectivity index (χ0) is 18.1. The highest BCUT2D eigenvalue weighted by molar-refractivity contribution is 5.97. The Bertz CT molecular complexity index is 596. The van der Waals surface area contributed by atoms with E-state index in [9.17, 15) is 14.4 Å². The average Bonchev–Trinajstić information content (AvgIpc) is 2.57. The van der Waals surface area contributed by atoms with Crippen LogP contribution in [0, 0.1) is 5.92 Å². The molecule has 1 aromatic carbocycles. The lowest BCUT2D eigenvalue weighted by Crippen LogP contribution is -2.46. The Morgan fingerprint density at radius 1 is 1.17 bits per heavy atom. The number of carbonyl (C=O) groups excluding carboxylic acids is 3. The zero-order valence-corrected chi connectivity index (χ0v) is 14.0. The molecule has 24 heavy (non-hydrogen) atoms. The van der Waals surface area contributed by atoms with Crippen LogP contribution in [0.1, 0.15) is 24.2 Å². The molecular weight excluding hydrogens is 308 g/mol. The molecule has 5 N–H and O–H groups in total. The van der Waals surface area contributed by atoms with E-state index in [2.05, 4.69) is 22.5 Å². The first-order valence-electron chi connectivity index (χ1n) is 7.67. The molecule has 1 aromatic rings. The maximum atomic E-state index is 11.8. The van der Waals surface area contributed by atoms with Crippen molar-refractivity contribution in [1.82, 2.24) is 10.6 Å². The molecule has 130 valence electrons. The minimum absolute atomic E-state index is 0.00663. The maximum Gasteiger partial charge on any atom is 0.251 e. The molecule has 0 heterocycles. The van der Waals surface area contributed by atoms with Crippen LogP contribution < -0.4 is 21.7 Å². The van der Waals surface area contributed by atoms with E-state index in [0.29, 0.717) is 17.8 Å². The molecule has 0 aromatic heterocycles. The third-order valence-electron chi connectivity index (χ3n) is 3.28. The lowest BCUT2D eigenvalue weighted by Gasteiger charge is -2.15. The van der Waals surface area contributed by atoms with Gasteiger partial charge < -0.3 is 21.7 Å². The third-order valence-corrected chi connectivity index (χ3v) is 3.28. The van der Waals surface area contributed by atoms with Crippen molar-refractivity contribution in [3.05, 3.63) is 42.5 Å². The van der Waals surface area contributed by atoms with Gasteiger partial charge in [-0.25, -0.2) is 0 Å². The molecule has 3 amide bonds. The second kappa shape index (κ2) is 9.46. The first-order valence-corrected chi connectivity index (χ1v) is 7.67. The SMILES string of the molecule is C=CCNC(=O)c1ccc(NC(=O)CNC(=O)[C@@H](N)C(C)C)cc1. The molecule has 0 spiro atoms. The fraction of sp³-hybridized carbons (Fsp3) is 0.353. The second-order valence-electron chi connectivity index (χ2n) is 5.61. The quantitative estimate of drug-likeness (QED) is 0.523. The molecule has 0 radical (unpaired) electrons. The average molecular weight is 332 g/mol. The van der Waals surface area contributed by atoms with Gasteiger partial charge in [0.15, 0.2) is 0 Å². The maximum absolute atomic E-state index is 11.8. The van der Waals surface area contributed by atoms with E-state index in [0.717, 1.165) is 0 Å². The van der Waals surface area contributed by atoms with E-state index in [1.165, 1.54) is 0 Å². The van der Waals surface area contributed by atoms with Gasteiger partial charge in [0.1, 0.15) is 0 Å². The highest BCUT2D eigenvalue weighted by Gasteiger charge is 2.17. The van der Waals surface area contributed by atoms with Crippen LogP contribution in [-0.4, -0.2) is 36.9 Å². The van der Waals surface area contributed by atoms with E-state index in [4.69, 9.17) is 5.73 Å². The summed E-state index contributed by atoms with van der Waals surface area (Å²) in [6.45, 7) is 7.40. The fourth-order valence-electron chi connectivity index (χ4n) is 1.77. The van der Waals surface area contributed by atoms with Crippen molar-refractivity contribution in [2.24, 2.45) is 11.7 Å². The molecule has 1 rings (SSSR count). The number of nitrogens with two attached hydrogens (primary N) is 1. The summed E-state index contributed by atoms with van der Waals surface area (Å²) in [6.07, 6.45) is 1.59. The zero-order valence-electron chi connectivity index (χ0n) is 14.0. The Kier molecular flexibility index (Phi) is 7.64. The van der Waals surface area contributed by atoms with Gasteiger partial charge in [-0.15, -0.1) is 6.58 Å². The van der Waals surface area contributed by atoms with Gasteiger partial charge in [0.2, 0.25) is 11.8 Å². The number of rotatable bonds is 8. The summed E-state index contributed by atoms with van der Waals surface area (Å²) in [6, 6.07) is 5.78. The molecule has 0 aliphatic carbocycles. The monoisotopic (exact) mass is 332 g/mol. The van der Waals surface area contributed by atoms with Crippen LogP contribution in [-0.2, 0) is 9.59 Å². The largest absolute Gasteiger partial charge is 0.349 e. The van der Waals surface area contributed by atoms with E-state index in [1.54, 1.807) is 30.3 Å². The number of anilines is 1. The van der Waals surface area contributed by atoms with Crippen LogP contribution in [0.5, 0.6) is 0 Å². The van der Waals surface area contributed by atoms with Crippen LogP contribution in [0.25, 0.3) is 0 Å². The van der Waals surface area contributed by atoms with Crippen LogP contribution in [0.4, 0.5) is 5.69 Å². The smallest absolute Gasteiger partial charge is 0.251 e. The van der Waals surface area contributed by atoms with E-state index in [-0.39, 0.29) is 30.2 Å². The first-order chi connectivity index (χ1) is 11.3. The molecule has 7 nitrogen and oxygen atoms in total. The number of hydrogen-bond donors (Lipinski definition) is 4. The van der Waals surface area contributed by atoms with Gasteiger partial charge in [-0.3, -0.25) is 14.4 Å². The summed E-state index contributed by atoms with van der Waals surface area (Å²) in [5.74, 6) is -0.965. The van der Waals surface area contributed by atoms with Gasteiger partial charge in [-0.1, -0.05) is 19.9 Å². The van der Waals surface area contributed by atoms with Gasteiger partial charge in [-0.2, -0.15) is 0 Å². The third kappa shape index (κ3) is 6.21. The van der Waals surface area contributed by atoms with Crippen molar-refractivity contribution in [3.63, 3.8) is 0 Å². The van der Waals surface area contributed by atoms with E-state index >= 15 is 0 Å². The van der Waals surface area contributed by atoms with Gasteiger partial charge in [0, 0.05) is 17.8 Å². The topological polar surface area (TPSA) is 113 Å². The van der Waals surface area contributed by atoms with Crippen molar-refractivity contribution in [3.8, 4) is 0 Å². The minimum atomic E-state index is -0.647. The van der Waals surface area contributed by atoms with Crippen molar-refractivity contribution >= 4 is 23.4 Å². The number of benzene rings is 1. The number of nitrogens with one attached hydrogen (secondary N) is 3. The Balaban J connectivity index is 2.49. The van der Waals surface area contributed by atoms with Crippen LogP contribution in [0.3, 0.4) is 0 Å². The molecule has 1 atom stereocenters. The predicted octanol–water partition coefficient (Wildman–Crippen LogP) is 0.640. The minimum Gasteiger partial charge on any atom is -0.349 e. The van der Waals surface area contributed by atoms with Crippen molar-refractivity contribution < 1.29 is 14.4 Å². The highest BCUT2D eigenvalue weighted by atomic mass is 16.2. The Hall–Kier alpha value is -2.67. The molecule has 0 bridgehead atoms. The summed E-state index contributed by atoms with van der Waals surface area (Å²) in [5.41, 5.74) is 6.70. The molecule has 0 unspecified atom stereocenters. The van der Waals surface area contributed by atoms with E-state index < -0.39 is 6.04 Å².